The van der Waals surface area contributed by atoms with Crippen molar-refractivity contribution in [2.75, 3.05) is 0 Å². The lowest BCUT2D eigenvalue weighted by molar-refractivity contribution is 0.483. The first-order valence-corrected chi connectivity index (χ1v) is 16.8. The summed E-state index contributed by atoms with van der Waals surface area (Å²) in [7, 11) is 0. The van der Waals surface area contributed by atoms with Gasteiger partial charge in [0.1, 0.15) is 23.0 Å². The molecule has 9 rings (SSSR count). The van der Waals surface area contributed by atoms with E-state index in [1.165, 1.54) is 55.3 Å². The number of rotatable bonds is 6. The minimum absolute atomic E-state index is 0.496. The van der Waals surface area contributed by atoms with E-state index in [0.717, 1.165) is 33.8 Å². The highest BCUT2D eigenvalue weighted by Crippen LogP contribution is 2.56. The van der Waals surface area contributed by atoms with Gasteiger partial charge in [-0.15, -0.1) is 0 Å². The Kier molecular flexibility index (Phi) is 6.84. The molecule has 0 atom stereocenters. The predicted octanol–water partition coefficient (Wildman–Crippen LogP) is 12.6. The van der Waals surface area contributed by atoms with Crippen LogP contribution in [0.1, 0.15) is 33.4 Å². The summed E-state index contributed by atoms with van der Waals surface area (Å²) in [5.74, 6) is 3.33. The van der Waals surface area contributed by atoms with Crippen molar-refractivity contribution in [1.29, 1.82) is 0 Å². The van der Waals surface area contributed by atoms with Gasteiger partial charge >= 0.3 is 0 Å². The first-order chi connectivity index (χ1) is 24.0. The Hall–Kier alpha value is -6.12. The van der Waals surface area contributed by atoms with E-state index in [0.29, 0.717) is 0 Å². The molecule has 2 nitrogen and oxygen atoms in total. The molecular formula is C47H34O2. The zero-order chi connectivity index (χ0) is 33.0. The van der Waals surface area contributed by atoms with Crippen LogP contribution in [-0.2, 0) is 5.41 Å². The molecule has 8 aromatic rings. The first-order valence-electron chi connectivity index (χ1n) is 16.8. The zero-order valence-corrected chi connectivity index (χ0v) is 27.5. The molecule has 0 aromatic heterocycles. The summed E-state index contributed by atoms with van der Waals surface area (Å²) in [5, 5.41) is 4.63. The van der Waals surface area contributed by atoms with Crippen LogP contribution in [-0.4, -0.2) is 0 Å². The van der Waals surface area contributed by atoms with Crippen LogP contribution in [0, 0.1) is 13.8 Å². The lowest BCUT2D eigenvalue weighted by atomic mass is 9.67. The van der Waals surface area contributed by atoms with Gasteiger partial charge in [0.05, 0.1) is 5.41 Å². The minimum atomic E-state index is -0.496. The molecular weight excluding hydrogens is 597 g/mol. The summed E-state index contributed by atoms with van der Waals surface area (Å²) in [6.45, 7) is 4.17. The highest BCUT2D eigenvalue weighted by molar-refractivity contribution is 5.92. The zero-order valence-electron chi connectivity index (χ0n) is 27.5. The van der Waals surface area contributed by atoms with Gasteiger partial charge in [-0.05, 0) is 129 Å². The number of fused-ring (bicyclic) bond motifs is 5. The Balaban J connectivity index is 1.18. The van der Waals surface area contributed by atoms with Gasteiger partial charge in [-0.3, -0.25) is 0 Å². The van der Waals surface area contributed by atoms with E-state index in [1.807, 2.05) is 24.3 Å². The van der Waals surface area contributed by atoms with Gasteiger partial charge in [-0.2, -0.15) is 0 Å². The molecule has 0 heterocycles. The van der Waals surface area contributed by atoms with Crippen LogP contribution in [0.25, 0.3) is 32.7 Å². The van der Waals surface area contributed by atoms with Gasteiger partial charge in [-0.1, -0.05) is 120 Å². The highest BCUT2D eigenvalue weighted by atomic mass is 16.5. The lowest BCUT2D eigenvalue weighted by Crippen LogP contribution is -2.28. The van der Waals surface area contributed by atoms with Crippen LogP contribution in [0.15, 0.2) is 170 Å². The monoisotopic (exact) mass is 630 g/mol. The van der Waals surface area contributed by atoms with E-state index >= 15 is 0 Å². The molecule has 0 aliphatic heterocycles. The Morgan fingerprint density at radius 2 is 0.714 bits per heavy atom. The van der Waals surface area contributed by atoms with Crippen molar-refractivity contribution in [3.8, 4) is 34.1 Å². The summed E-state index contributed by atoms with van der Waals surface area (Å²) in [6.07, 6.45) is 0. The molecule has 2 heteroatoms. The fraction of sp³-hybridized carbons (Fsp3) is 0.0638. The third-order valence-electron chi connectivity index (χ3n) is 9.96. The molecule has 0 bridgehead atoms. The van der Waals surface area contributed by atoms with Crippen LogP contribution < -0.4 is 9.47 Å². The summed E-state index contributed by atoms with van der Waals surface area (Å²) in [4.78, 5) is 0. The second-order valence-corrected chi connectivity index (χ2v) is 13.1. The van der Waals surface area contributed by atoms with Gasteiger partial charge in [0.2, 0.25) is 0 Å². The molecule has 0 N–H and O–H groups in total. The maximum Gasteiger partial charge on any atom is 0.128 e. The molecule has 0 unspecified atom stereocenters. The fourth-order valence-electron chi connectivity index (χ4n) is 7.55. The molecule has 8 aromatic carbocycles. The smallest absolute Gasteiger partial charge is 0.128 e. The van der Waals surface area contributed by atoms with Gasteiger partial charge < -0.3 is 9.47 Å². The van der Waals surface area contributed by atoms with E-state index in [9.17, 15) is 0 Å². The Bertz CT molecular complexity index is 2330. The van der Waals surface area contributed by atoms with Crippen LogP contribution in [0.2, 0.25) is 0 Å². The van der Waals surface area contributed by atoms with E-state index in [4.69, 9.17) is 9.47 Å². The number of ether oxygens (including phenoxy) is 2. The topological polar surface area (TPSA) is 18.5 Å². The average molecular weight is 631 g/mol. The van der Waals surface area contributed by atoms with Crippen LogP contribution in [0.3, 0.4) is 0 Å². The number of hydrogen-bond donors (Lipinski definition) is 0. The standard InChI is InChI=1S/C47H34O2/c1-31-11-21-39(22-12-31)48-41-25-17-33-27-37(19-15-35(33)29-41)47(45-9-5-3-7-43(45)44-8-4-6-10-46(44)47)38-20-16-36-30-42(26-18-34(36)28-38)49-40-23-13-32(2)14-24-40/h3-30H,1-2H3. The van der Waals surface area contributed by atoms with Gasteiger partial charge in [0.25, 0.3) is 0 Å². The molecule has 1 aliphatic rings. The molecule has 1 aliphatic carbocycles. The average Bonchev–Trinajstić information content (AvgIpc) is 3.44. The first kappa shape index (κ1) is 29.1. The van der Waals surface area contributed by atoms with E-state index in [-0.39, 0.29) is 0 Å². The van der Waals surface area contributed by atoms with Gasteiger partial charge in [0.15, 0.2) is 0 Å². The molecule has 0 spiro atoms. The van der Waals surface area contributed by atoms with E-state index in [2.05, 4.69) is 159 Å². The number of aryl methyl sites for hydroxylation is 2. The van der Waals surface area contributed by atoms with Crippen molar-refractivity contribution >= 4 is 21.5 Å². The Morgan fingerprint density at radius 1 is 0.347 bits per heavy atom. The maximum atomic E-state index is 6.23. The lowest BCUT2D eigenvalue weighted by Gasteiger charge is -2.34. The fourth-order valence-corrected chi connectivity index (χ4v) is 7.55. The largest absolute Gasteiger partial charge is 0.457 e. The molecule has 0 saturated carbocycles. The maximum absolute atomic E-state index is 6.23. The van der Waals surface area contributed by atoms with Crippen molar-refractivity contribution in [2.45, 2.75) is 19.3 Å². The van der Waals surface area contributed by atoms with E-state index < -0.39 is 5.41 Å². The molecule has 0 fully saturated rings. The summed E-state index contributed by atoms with van der Waals surface area (Å²) in [5.41, 5.74) is 9.57. The minimum Gasteiger partial charge on any atom is -0.457 e. The molecule has 0 saturated heterocycles. The summed E-state index contributed by atoms with van der Waals surface area (Å²) in [6, 6.07) is 60.7. The van der Waals surface area contributed by atoms with Crippen molar-refractivity contribution in [2.24, 2.45) is 0 Å². The highest BCUT2D eigenvalue weighted by Gasteiger charge is 2.46. The third kappa shape index (κ3) is 4.96. The van der Waals surface area contributed by atoms with Crippen LogP contribution in [0.4, 0.5) is 0 Å². The van der Waals surface area contributed by atoms with Gasteiger partial charge in [-0.25, -0.2) is 0 Å². The second kappa shape index (κ2) is 11.5. The van der Waals surface area contributed by atoms with Crippen molar-refractivity contribution in [3.63, 3.8) is 0 Å². The van der Waals surface area contributed by atoms with Crippen molar-refractivity contribution in [1.82, 2.24) is 0 Å². The SMILES string of the molecule is Cc1ccc(Oc2ccc3cc(C4(c5ccc6cc(Oc7ccc(C)cc7)ccc6c5)c5ccccc5-c5ccccc54)ccc3c2)cc1. The van der Waals surface area contributed by atoms with Crippen LogP contribution >= 0.6 is 0 Å². The summed E-state index contributed by atoms with van der Waals surface area (Å²) >= 11 is 0. The Morgan fingerprint density at radius 3 is 1.16 bits per heavy atom. The summed E-state index contributed by atoms with van der Waals surface area (Å²) < 4.78 is 12.5. The quantitative estimate of drug-likeness (QED) is 0.182. The number of benzene rings is 8. The molecule has 0 radical (unpaired) electrons. The Labute approximate surface area is 286 Å². The second-order valence-electron chi connectivity index (χ2n) is 13.1. The predicted molar refractivity (Wildman–Crippen MR) is 201 cm³/mol. The van der Waals surface area contributed by atoms with Crippen molar-refractivity contribution < 1.29 is 9.47 Å². The van der Waals surface area contributed by atoms with Crippen LogP contribution in [0.5, 0.6) is 23.0 Å². The van der Waals surface area contributed by atoms with E-state index in [1.54, 1.807) is 0 Å². The molecule has 0 amide bonds. The van der Waals surface area contributed by atoms with Crippen molar-refractivity contribution in [3.05, 3.63) is 203 Å². The number of hydrogen-bond acceptors (Lipinski definition) is 2. The normalized spacial score (nSPS) is 12.9. The van der Waals surface area contributed by atoms with Gasteiger partial charge in [0, 0.05) is 0 Å². The molecule has 49 heavy (non-hydrogen) atoms. The molecule has 234 valence electrons. The third-order valence-corrected chi connectivity index (χ3v) is 9.96.